The lowest BCUT2D eigenvalue weighted by atomic mass is 10.0. The number of azo groups is 1. The lowest BCUT2D eigenvalue weighted by Gasteiger charge is -2.06. The first kappa shape index (κ1) is 11.1. The van der Waals surface area contributed by atoms with E-state index < -0.39 is 6.03 Å². The molecule has 3 N–H and O–H groups in total. The largest absolute Gasteiger partial charge is 0.507 e. The fraction of sp³-hybridized carbons (Fsp3) is 0.0833. The Kier molecular flexibility index (Phi) is 2.74. The number of amides is 2. The molecule has 0 heterocycles. The first-order valence-electron chi connectivity index (χ1n) is 5.02. The minimum atomic E-state index is -0.847. The van der Waals surface area contributed by atoms with Crippen molar-refractivity contribution in [3.05, 3.63) is 35.9 Å². The molecule has 0 bridgehead atoms. The predicted octanol–water partition coefficient (Wildman–Crippen LogP) is 3.02. The molecule has 0 saturated heterocycles. The van der Waals surface area contributed by atoms with E-state index in [1.54, 1.807) is 25.1 Å². The van der Waals surface area contributed by atoms with E-state index >= 15 is 0 Å². The van der Waals surface area contributed by atoms with Gasteiger partial charge in [-0.2, -0.15) is 0 Å². The summed E-state index contributed by atoms with van der Waals surface area (Å²) in [6, 6.07) is 8.02. The van der Waals surface area contributed by atoms with Crippen LogP contribution in [-0.4, -0.2) is 11.1 Å². The summed E-state index contributed by atoms with van der Waals surface area (Å²) in [5.41, 5.74) is 6.08. The Bertz CT molecular complexity index is 620. The summed E-state index contributed by atoms with van der Waals surface area (Å²) in [6.07, 6.45) is 0. The third-order valence-corrected chi connectivity index (χ3v) is 2.44. The Hall–Kier alpha value is -2.43. The van der Waals surface area contributed by atoms with Crippen LogP contribution in [0, 0.1) is 6.92 Å². The van der Waals surface area contributed by atoms with Crippen LogP contribution in [0.25, 0.3) is 10.8 Å². The number of carbonyl (C=O) groups is 1. The summed E-state index contributed by atoms with van der Waals surface area (Å²) in [4.78, 5) is 10.6. The number of hydrogen-bond donors (Lipinski definition) is 2. The van der Waals surface area contributed by atoms with Crippen molar-refractivity contribution in [1.29, 1.82) is 0 Å². The number of carbonyl (C=O) groups excluding carboxylic acids is 1. The highest BCUT2D eigenvalue weighted by molar-refractivity contribution is 5.97. The molecular formula is C12H11N3O2. The second-order valence-electron chi connectivity index (χ2n) is 3.65. The number of benzene rings is 2. The van der Waals surface area contributed by atoms with Crippen molar-refractivity contribution >= 4 is 22.5 Å². The molecule has 0 saturated carbocycles. The molecule has 2 rings (SSSR count). The molecule has 2 aromatic rings. The zero-order valence-corrected chi connectivity index (χ0v) is 9.21. The zero-order chi connectivity index (χ0) is 12.4. The summed E-state index contributed by atoms with van der Waals surface area (Å²) in [5, 5.41) is 18.4. The Morgan fingerprint density at radius 3 is 2.59 bits per heavy atom. The molecule has 0 aromatic heterocycles. The Balaban J connectivity index is 2.71. The number of rotatable bonds is 1. The van der Waals surface area contributed by atoms with Gasteiger partial charge in [-0.3, -0.25) is 0 Å². The van der Waals surface area contributed by atoms with Gasteiger partial charge in [0.1, 0.15) is 5.75 Å². The molecule has 17 heavy (non-hydrogen) atoms. The summed E-state index contributed by atoms with van der Waals surface area (Å²) >= 11 is 0. The fourth-order valence-corrected chi connectivity index (χ4v) is 1.66. The van der Waals surface area contributed by atoms with Gasteiger partial charge in [0, 0.05) is 10.8 Å². The van der Waals surface area contributed by atoms with Crippen LogP contribution < -0.4 is 5.73 Å². The summed E-state index contributed by atoms with van der Waals surface area (Å²) in [5.74, 6) is 0.207. The van der Waals surface area contributed by atoms with Crippen LogP contribution in [-0.2, 0) is 0 Å². The van der Waals surface area contributed by atoms with Gasteiger partial charge in [0.05, 0.1) is 5.69 Å². The van der Waals surface area contributed by atoms with E-state index in [2.05, 4.69) is 10.2 Å². The lowest BCUT2D eigenvalue weighted by molar-refractivity contribution is 0.255. The quantitative estimate of drug-likeness (QED) is 0.736. The molecule has 86 valence electrons. The summed E-state index contributed by atoms with van der Waals surface area (Å²) < 4.78 is 0. The number of urea groups is 1. The van der Waals surface area contributed by atoms with Crippen LogP contribution >= 0.6 is 0 Å². The summed E-state index contributed by atoms with van der Waals surface area (Å²) in [6.45, 7) is 1.76. The van der Waals surface area contributed by atoms with Crippen molar-refractivity contribution in [2.75, 3.05) is 0 Å². The fourth-order valence-electron chi connectivity index (χ4n) is 1.66. The van der Waals surface area contributed by atoms with Gasteiger partial charge in [-0.05, 0) is 18.6 Å². The third-order valence-electron chi connectivity index (χ3n) is 2.44. The number of aromatic hydroxyl groups is 1. The first-order valence-corrected chi connectivity index (χ1v) is 5.02. The van der Waals surface area contributed by atoms with Gasteiger partial charge in [0.2, 0.25) is 0 Å². The Morgan fingerprint density at radius 2 is 1.94 bits per heavy atom. The van der Waals surface area contributed by atoms with Gasteiger partial charge < -0.3 is 10.8 Å². The second-order valence-corrected chi connectivity index (χ2v) is 3.65. The third kappa shape index (κ3) is 2.08. The molecule has 2 aromatic carbocycles. The maximum atomic E-state index is 10.6. The van der Waals surface area contributed by atoms with E-state index in [4.69, 9.17) is 5.73 Å². The number of nitrogens with two attached hydrogens (primary N) is 1. The van der Waals surface area contributed by atoms with E-state index in [-0.39, 0.29) is 5.75 Å². The van der Waals surface area contributed by atoms with Crippen LogP contribution in [0.5, 0.6) is 5.75 Å². The molecule has 5 nitrogen and oxygen atoms in total. The highest BCUT2D eigenvalue weighted by Gasteiger charge is 2.07. The number of phenolic OH excluding ortho intramolecular Hbond substituents is 1. The molecule has 0 atom stereocenters. The summed E-state index contributed by atoms with van der Waals surface area (Å²) in [7, 11) is 0. The van der Waals surface area contributed by atoms with Crippen LogP contribution in [0.4, 0.5) is 10.5 Å². The maximum Gasteiger partial charge on any atom is 0.356 e. The molecule has 0 aliphatic heterocycles. The first-order chi connectivity index (χ1) is 8.09. The van der Waals surface area contributed by atoms with Crippen LogP contribution in [0.1, 0.15) is 5.56 Å². The van der Waals surface area contributed by atoms with Crippen molar-refractivity contribution in [1.82, 2.24) is 0 Å². The Morgan fingerprint density at radius 1 is 1.29 bits per heavy atom. The van der Waals surface area contributed by atoms with Crippen LogP contribution in [0.3, 0.4) is 0 Å². The molecule has 2 amide bonds. The molecule has 0 fully saturated rings. The van der Waals surface area contributed by atoms with E-state index in [1.807, 2.05) is 12.1 Å². The molecule has 0 radical (unpaired) electrons. The molecule has 5 heteroatoms. The number of phenols is 1. The van der Waals surface area contributed by atoms with Gasteiger partial charge in [-0.1, -0.05) is 29.4 Å². The number of hydrogen-bond acceptors (Lipinski definition) is 3. The highest BCUT2D eigenvalue weighted by Crippen LogP contribution is 2.35. The average molecular weight is 229 g/mol. The molecule has 0 unspecified atom stereocenters. The van der Waals surface area contributed by atoms with Gasteiger partial charge in [-0.15, -0.1) is 5.11 Å². The monoisotopic (exact) mass is 229 g/mol. The lowest BCUT2D eigenvalue weighted by Crippen LogP contribution is -2.01. The zero-order valence-electron chi connectivity index (χ0n) is 9.21. The number of primary amides is 1. The van der Waals surface area contributed by atoms with E-state index in [1.165, 1.54) is 0 Å². The second kappa shape index (κ2) is 4.21. The van der Waals surface area contributed by atoms with Crippen LogP contribution in [0.15, 0.2) is 40.6 Å². The van der Waals surface area contributed by atoms with Crippen molar-refractivity contribution < 1.29 is 9.90 Å². The van der Waals surface area contributed by atoms with Crippen molar-refractivity contribution in [2.45, 2.75) is 6.92 Å². The smallest absolute Gasteiger partial charge is 0.356 e. The number of fused-ring (bicyclic) bond motifs is 1. The van der Waals surface area contributed by atoms with Gasteiger partial charge >= 0.3 is 6.03 Å². The molecule has 0 aliphatic rings. The van der Waals surface area contributed by atoms with Gasteiger partial charge in [0.15, 0.2) is 0 Å². The van der Waals surface area contributed by atoms with Crippen molar-refractivity contribution in [3.63, 3.8) is 0 Å². The van der Waals surface area contributed by atoms with E-state index in [0.717, 1.165) is 5.39 Å². The van der Waals surface area contributed by atoms with E-state index in [0.29, 0.717) is 16.6 Å². The van der Waals surface area contributed by atoms with E-state index in [9.17, 15) is 9.90 Å². The highest BCUT2D eigenvalue weighted by atomic mass is 16.3. The number of nitrogens with zero attached hydrogens (tertiary/aromatic N) is 2. The standard InChI is InChI=1S/C12H11N3O2/c1-7-6-10(14-15-12(13)17)8-4-2-3-5-9(8)11(7)16/h2-6,16H,1H3,(H2,13,17). The van der Waals surface area contributed by atoms with Crippen molar-refractivity contribution in [2.24, 2.45) is 16.0 Å². The molecule has 0 aliphatic carbocycles. The minimum absolute atomic E-state index is 0.207. The normalized spacial score (nSPS) is 11.1. The van der Waals surface area contributed by atoms with Crippen LogP contribution in [0.2, 0.25) is 0 Å². The van der Waals surface area contributed by atoms with Gasteiger partial charge in [-0.25, -0.2) is 4.79 Å². The predicted molar refractivity (Wildman–Crippen MR) is 64.4 cm³/mol. The molecule has 0 spiro atoms. The Labute approximate surface area is 97.6 Å². The average Bonchev–Trinajstić information content (AvgIpc) is 2.32. The molecular weight excluding hydrogens is 218 g/mol. The number of aryl methyl sites for hydroxylation is 1. The topological polar surface area (TPSA) is 88.0 Å². The SMILES string of the molecule is Cc1cc(N=NC(N)=O)c2ccccc2c1O. The minimum Gasteiger partial charge on any atom is -0.507 e. The van der Waals surface area contributed by atoms with Gasteiger partial charge in [0.25, 0.3) is 0 Å². The maximum absolute atomic E-state index is 10.6. The van der Waals surface area contributed by atoms with Crippen molar-refractivity contribution in [3.8, 4) is 5.75 Å².